The smallest absolute Gasteiger partial charge is 0.277 e. The molecule has 0 saturated heterocycles. The number of aromatic nitrogens is 2. The van der Waals surface area contributed by atoms with Gasteiger partial charge in [-0.1, -0.05) is 20.8 Å². The van der Waals surface area contributed by atoms with Gasteiger partial charge in [-0.3, -0.25) is 9.59 Å². The lowest BCUT2D eigenvalue weighted by Gasteiger charge is -2.10. The lowest BCUT2D eigenvalue weighted by Crippen LogP contribution is -2.36. The van der Waals surface area contributed by atoms with Crippen molar-refractivity contribution in [1.82, 2.24) is 20.8 Å². The molecule has 0 bridgehead atoms. The van der Waals surface area contributed by atoms with Crippen LogP contribution in [0.15, 0.2) is 4.79 Å². The summed E-state index contributed by atoms with van der Waals surface area (Å²) in [6.07, 6.45) is 1.31. The first kappa shape index (κ1) is 15.4. The number of nitrogens with one attached hydrogen (secondary N) is 3. The SMILES string of the molecule is CCNCCNC(=O)c1c(CC)c(CC)n[nH]c1=O. The molecule has 0 aliphatic heterocycles. The highest BCUT2D eigenvalue weighted by atomic mass is 16.2. The molecule has 106 valence electrons. The van der Waals surface area contributed by atoms with Crippen LogP contribution in [0.4, 0.5) is 0 Å². The second-order valence-electron chi connectivity index (χ2n) is 4.17. The molecule has 0 saturated carbocycles. The van der Waals surface area contributed by atoms with Crippen LogP contribution in [0.2, 0.25) is 0 Å². The number of likely N-dealkylation sites (N-methyl/N-ethyl adjacent to an activating group) is 1. The summed E-state index contributed by atoms with van der Waals surface area (Å²) < 4.78 is 0. The number of rotatable bonds is 7. The summed E-state index contributed by atoms with van der Waals surface area (Å²) in [5, 5.41) is 12.2. The van der Waals surface area contributed by atoms with E-state index in [2.05, 4.69) is 20.8 Å². The number of carbonyl (C=O) groups excluding carboxylic acids is 1. The molecule has 0 unspecified atom stereocenters. The highest BCUT2D eigenvalue weighted by Crippen LogP contribution is 2.09. The van der Waals surface area contributed by atoms with E-state index in [0.717, 1.165) is 17.8 Å². The Kier molecular flexibility index (Phi) is 6.21. The quantitative estimate of drug-likeness (QED) is 0.617. The molecular formula is C13H22N4O2. The topological polar surface area (TPSA) is 86.9 Å². The largest absolute Gasteiger partial charge is 0.351 e. The van der Waals surface area contributed by atoms with Gasteiger partial charge in [-0.25, -0.2) is 5.10 Å². The zero-order chi connectivity index (χ0) is 14.3. The Balaban J connectivity index is 2.92. The monoisotopic (exact) mass is 266 g/mol. The van der Waals surface area contributed by atoms with Gasteiger partial charge in [0.1, 0.15) is 5.56 Å². The van der Waals surface area contributed by atoms with E-state index in [1.54, 1.807) is 0 Å². The van der Waals surface area contributed by atoms with Crippen LogP contribution in [0.25, 0.3) is 0 Å². The number of aryl methyl sites for hydroxylation is 1. The minimum atomic E-state index is -0.421. The maximum absolute atomic E-state index is 12.1. The van der Waals surface area contributed by atoms with Crippen molar-refractivity contribution in [3.63, 3.8) is 0 Å². The maximum atomic E-state index is 12.1. The zero-order valence-electron chi connectivity index (χ0n) is 11.8. The fourth-order valence-corrected chi connectivity index (χ4v) is 1.97. The van der Waals surface area contributed by atoms with Gasteiger partial charge in [0.15, 0.2) is 0 Å². The van der Waals surface area contributed by atoms with Crippen molar-refractivity contribution in [1.29, 1.82) is 0 Å². The van der Waals surface area contributed by atoms with Gasteiger partial charge in [-0.15, -0.1) is 0 Å². The number of H-pyrrole nitrogens is 1. The standard InChI is InChI=1S/C13H22N4O2/c1-4-9-10(5-2)16-17-13(19)11(9)12(18)15-8-7-14-6-3/h14H,4-8H2,1-3H3,(H,15,18)(H,17,19). The van der Waals surface area contributed by atoms with Crippen LogP contribution < -0.4 is 16.2 Å². The lowest BCUT2D eigenvalue weighted by molar-refractivity contribution is 0.0951. The second kappa shape index (κ2) is 7.68. The first-order valence-electron chi connectivity index (χ1n) is 6.74. The van der Waals surface area contributed by atoms with Gasteiger partial charge in [-0.05, 0) is 24.9 Å². The number of hydrogen-bond donors (Lipinski definition) is 3. The second-order valence-corrected chi connectivity index (χ2v) is 4.17. The summed E-state index contributed by atoms with van der Waals surface area (Å²) in [6, 6.07) is 0. The third-order valence-electron chi connectivity index (χ3n) is 2.92. The molecule has 0 aromatic carbocycles. The van der Waals surface area contributed by atoms with Gasteiger partial charge < -0.3 is 10.6 Å². The van der Waals surface area contributed by atoms with E-state index < -0.39 is 5.56 Å². The molecule has 1 aromatic rings. The highest BCUT2D eigenvalue weighted by Gasteiger charge is 2.18. The van der Waals surface area contributed by atoms with Crippen LogP contribution in [0, 0.1) is 0 Å². The molecule has 1 amide bonds. The number of amides is 1. The minimum Gasteiger partial charge on any atom is -0.351 e. The van der Waals surface area contributed by atoms with Crippen molar-refractivity contribution in [3.8, 4) is 0 Å². The number of hydrogen-bond acceptors (Lipinski definition) is 4. The predicted octanol–water partition coefficient (Wildman–Crippen LogP) is 0.234. The third kappa shape index (κ3) is 3.89. The fraction of sp³-hybridized carbons (Fsp3) is 0.615. The van der Waals surface area contributed by atoms with Crippen LogP contribution in [0.3, 0.4) is 0 Å². The Labute approximate surface area is 113 Å². The Morgan fingerprint density at radius 1 is 1.21 bits per heavy atom. The van der Waals surface area contributed by atoms with Crippen LogP contribution in [0.5, 0.6) is 0 Å². The molecule has 1 aromatic heterocycles. The van der Waals surface area contributed by atoms with Crippen molar-refractivity contribution in [2.24, 2.45) is 0 Å². The van der Waals surface area contributed by atoms with Gasteiger partial charge in [-0.2, -0.15) is 5.10 Å². The van der Waals surface area contributed by atoms with Crippen molar-refractivity contribution in [2.75, 3.05) is 19.6 Å². The summed E-state index contributed by atoms with van der Waals surface area (Å²) in [7, 11) is 0. The Morgan fingerprint density at radius 3 is 2.53 bits per heavy atom. The molecule has 3 N–H and O–H groups in total. The van der Waals surface area contributed by atoms with E-state index in [4.69, 9.17) is 0 Å². The number of nitrogens with zero attached hydrogens (tertiary/aromatic N) is 1. The molecule has 0 aliphatic rings. The molecule has 19 heavy (non-hydrogen) atoms. The molecule has 0 radical (unpaired) electrons. The molecule has 1 rings (SSSR count). The zero-order valence-corrected chi connectivity index (χ0v) is 11.8. The molecule has 6 nitrogen and oxygen atoms in total. The van der Waals surface area contributed by atoms with E-state index in [1.807, 2.05) is 20.8 Å². The van der Waals surface area contributed by atoms with E-state index in [-0.39, 0.29) is 11.5 Å². The van der Waals surface area contributed by atoms with E-state index in [9.17, 15) is 9.59 Å². The van der Waals surface area contributed by atoms with Crippen LogP contribution in [0.1, 0.15) is 42.4 Å². The number of carbonyl (C=O) groups is 1. The predicted molar refractivity (Wildman–Crippen MR) is 74.5 cm³/mol. The maximum Gasteiger partial charge on any atom is 0.277 e. The molecule has 0 atom stereocenters. The van der Waals surface area contributed by atoms with Gasteiger partial charge >= 0.3 is 0 Å². The average molecular weight is 266 g/mol. The van der Waals surface area contributed by atoms with Crippen LogP contribution in [-0.4, -0.2) is 35.7 Å². The fourth-order valence-electron chi connectivity index (χ4n) is 1.97. The Bertz CT molecular complexity index is 482. The molecule has 0 fully saturated rings. The lowest BCUT2D eigenvalue weighted by atomic mass is 10.0. The summed E-state index contributed by atoms with van der Waals surface area (Å²) in [4.78, 5) is 23.9. The van der Waals surface area contributed by atoms with Gasteiger partial charge in [0.05, 0.1) is 5.69 Å². The van der Waals surface area contributed by atoms with Crippen LogP contribution in [-0.2, 0) is 12.8 Å². The minimum absolute atomic E-state index is 0.200. The van der Waals surface area contributed by atoms with E-state index in [0.29, 0.717) is 25.9 Å². The highest BCUT2D eigenvalue weighted by molar-refractivity contribution is 5.95. The average Bonchev–Trinajstić information content (AvgIpc) is 2.42. The first-order valence-corrected chi connectivity index (χ1v) is 6.74. The summed E-state index contributed by atoms with van der Waals surface area (Å²) in [6.45, 7) is 7.91. The van der Waals surface area contributed by atoms with Crippen molar-refractivity contribution in [3.05, 3.63) is 27.2 Å². The van der Waals surface area contributed by atoms with E-state index in [1.165, 1.54) is 0 Å². The molecule has 6 heteroatoms. The Hall–Kier alpha value is -1.69. The van der Waals surface area contributed by atoms with Crippen molar-refractivity contribution >= 4 is 5.91 Å². The molecule has 0 aliphatic carbocycles. The van der Waals surface area contributed by atoms with Gasteiger partial charge in [0.2, 0.25) is 0 Å². The summed E-state index contributed by atoms with van der Waals surface area (Å²) in [5.41, 5.74) is 1.30. The van der Waals surface area contributed by atoms with Crippen molar-refractivity contribution < 1.29 is 4.79 Å². The van der Waals surface area contributed by atoms with Crippen molar-refractivity contribution in [2.45, 2.75) is 33.6 Å². The first-order chi connectivity index (χ1) is 9.15. The van der Waals surface area contributed by atoms with Gasteiger partial charge in [0, 0.05) is 13.1 Å². The van der Waals surface area contributed by atoms with Gasteiger partial charge in [0.25, 0.3) is 11.5 Å². The molecule has 0 spiro atoms. The summed E-state index contributed by atoms with van der Waals surface area (Å²) >= 11 is 0. The molecule has 1 heterocycles. The molecular weight excluding hydrogens is 244 g/mol. The van der Waals surface area contributed by atoms with E-state index >= 15 is 0 Å². The summed E-state index contributed by atoms with van der Waals surface area (Å²) in [5.74, 6) is -0.326. The van der Waals surface area contributed by atoms with Crippen LogP contribution >= 0.6 is 0 Å². The third-order valence-corrected chi connectivity index (χ3v) is 2.92. The Morgan fingerprint density at radius 2 is 1.95 bits per heavy atom. The number of aromatic amines is 1. The normalized spacial score (nSPS) is 10.5.